The Morgan fingerprint density at radius 2 is 1.97 bits per heavy atom. The molecule has 0 saturated heterocycles. The van der Waals surface area contributed by atoms with Gasteiger partial charge >= 0.3 is 0 Å². The number of aromatic nitrogens is 2. The molecule has 0 aliphatic carbocycles. The number of carbonyl (C=O) groups is 1. The van der Waals surface area contributed by atoms with E-state index in [0.29, 0.717) is 18.5 Å². The van der Waals surface area contributed by atoms with Crippen molar-refractivity contribution < 1.29 is 4.79 Å². The lowest BCUT2D eigenvalue weighted by Gasteiger charge is -2.30. The number of aryl methyl sites for hydroxylation is 2. The topological polar surface area (TPSA) is 55.2 Å². The molecule has 29 heavy (non-hydrogen) atoms. The van der Waals surface area contributed by atoms with Crippen molar-refractivity contribution in [1.29, 1.82) is 0 Å². The fourth-order valence-electron chi connectivity index (χ4n) is 3.61. The summed E-state index contributed by atoms with van der Waals surface area (Å²) in [5.74, 6) is 0.0337. The molecule has 0 N–H and O–H groups in total. The van der Waals surface area contributed by atoms with Gasteiger partial charge in [0, 0.05) is 24.0 Å². The normalized spacial score (nSPS) is 12.1. The summed E-state index contributed by atoms with van der Waals surface area (Å²) in [5.41, 5.74) is 2.66. The van der Waals surface area contributed by atoms with Gasteiger partial charge in [-0.1, -0.05) is 53.2 Å². The second kappa shape index (κ2) is 9.35. The average molecular weight is 456 g/mol. The molecule has 0 aliphatic rings. The third kappa shape index (κ3) is 4.58. The van der Waals surface area contributed by atoms with Crippen LogP contribution in [0.25, 0.3) is 10.9 Å². The standard InChI is InChI=1S/C23H26BrN3O2/c1-4-13-27(17(3)18-9-5-6-11-20(18)24)21(28)12-14-26-15-25-22-16(2)8-7-10-19(22)23(26)29/h5-11,15,17H,4,12-14H2,1-3H3. The molecular weight excluding hydrogens is 430 g/mol. The minimum absolute atomic E-state index is 0.0337. The van der Waals surface area contributed by atoms with E-state index < -0.39 is 0 Å². The smallest absolute Gasteiger partial charge is 0.261 e. The van der Waals surface area contributed by atoms with Crippen molar-refractivity contribution in [2.45, 2.75) is 46.2 Å². The molecular formula is C23H26BrN3O2. The Bertz CT molecular complexity index is 1080. The lowest BCUT2D eigenvalue weighted by Crippen LogP contribution is -2.35. The number of nitrogens with zero attached hydrogens (tertiary/aromatic N) is 3. The van der Waals surface area contributed by atoms with Crippen LogP contribution in [0.5, 0.6) is 0 Å². The number of rotatable bonds is 7. The first-order valence-electron chi connectivity index (χ1n) is 9.92. The second-order valence-corrected chi connectivity index (χ2v) is 8.10. The summed E-state index contributed by atoms with van der Waals surface area (Å²) in [4.78, 5) is 32.1. The van der Waals surface area contributed by atoms with Crippen LogP contribution in [0.15, 0.2) is 58.1 Å². The number of halogens is 1. The van der Waals surface area contributed by atoms with E-state index >= 15 is 0 Å². The fraction of sp³-hybridized carbons (Fsp3) is 0.348. The van der Waals surface area contributed by atoms with E-state index in [-0.39, 0.29) is 23.9 Å². The maximum absolute atomic E-state index is 13.0. The molecule has 1 unspecified atom stereocenters. The summed E-state index contributed by atoms with van der Waals surface area (Å²) in [6.45, 7) is 7.03. The van der Waals surface area contributed by atoms with Crippen LogP contribution in [0.3, 0.4) is 0 Å². The summed E-state index contributed by atoms with van der Waals surface area (Å²) in [6.07, 6.45) is 2.68. The van der Waals surface area contributed by atoms with Crippen molar-refractivity contribution in [3.8, 4) is 0 Å². The van der Waals surface area contributed by atoms with Gasteiger partial charge in [0.15, 0.2) is 0 Å². The number of amides is 1. The molecule has 152 valence electrons. The fourth-order valence-corrected chi connectivity index (χ4v) is 4.23. The van der Waals surface area contributed by atoms with Crippen LogP contribution in [0.2, 0.25) is 0 Å². The zero-order chi connectivity index (χ0) is 21.0. The largest absolute Gasteiger partial charge is 0.336 e. The maximum Gasteiger partial charge on any atom is 0.261 e. The molecule has 3 rings (SSSR count). The monoisotopic (exact) mass is 455 g/mol. The minimum Gasteiger partial charge on any atom is -0.336 e. The number of hydrogen-bond acceptors (Lipinski definition) is 3. The van der Waals surface area contributed by atoms with Crippen LogP contribution in [-0.4, -0.2) is 26.9 Å². The van der Waals surface area contributed by atoms with Crippen LogP contribution in [0.4, 0.5) is 0 Å². The summed E-state index contributed by atoms with van der Waals surface area (Å²) >= 11 is 3.59. The Kier molecular flexibility index (Phi) is 6.85. The van der Waals surface area contributed by atoms with E-state index in [2.05, 4.69) is 27.8 Å². The van der Waals surface area contributed by atoms with E-state index in [1.54, 1.807) is 12.4 Å². The summed E-state index contributed by atoms with van der Waals surface area (Å²) in [5, 5.41) is 0.590. The van der Waals surface area contributed by atoms with Crippen molar-refractivity contribution in [3.63, 3.8) is 0 Å². The van der Waals surface area contributed by atoms with Crippen LogP contribution in [0.1, 0.15) is 43.9 Å². The lowest BCUT2D eigenvalue weighted by atomic mass is 10.1. The highest BCUT2D eigenvalue weighted by Crippen LogP contribution is 2.28. The highest BCUT2D eigenvalue weighted by atomic mass is 79.9. The number of benzene rings is 2. The Morgan fingerprint density at radius 1 is 1.21 bits per heavy atom. The van der Waals surface area contributed by atoms with Crippen LogP contribution < -0.4 is 5.56 Å². The zero-order valence-electron chi connectivity index (χ0n) is 17.1. The van der Waals surface area contributed by atoms with E-state index in [9.17, 15) is 9.59 Å². The molecule has 0 saturated carbocycles. The van der Waals surface area contributed by atoms with E-state index in [1.165, 1.54) is 4.57 Å². The summed E-state index contributed by atoms with van der Waals surface area (Å²) in [7, 11) is 0. The zero-order valence-corrected chi connectivity index (χ0v) is 18.6. The first-order chi connectivity index (χ1) is 13.9. The van der Waals surface area contributed by atoms with Crippen LogP contribution in [0, 0.1) is 6.92 Å². The number of hydrogen-bond donors (Lipinski definition) is 0. The molecule has 3 aromatic rings. The number of para-hydroxylation sites is 1. The minimum atomic E-state index is -0.104. The summed E-state index contributed by atoms with van der Waals surface area (Å²) in [6, 6.07) is 13.5. The van der Waals surface area contributed by atoms with E-state index in [4.69, 9.17) is 0 Å². The highest BCUT2D eigenvalue weighted by molar-refractivity contribution is 9.10. The predicted molar refractivity (Wildman–Crippen MR) is 120 cm³/mol. The molecule has 2 aromatic carbocycles. The molecule has 0 fully saturated rings. The van der Waals surface area contributed by atoms with Gasteiger partial charge in [0.25, 0.3) is 5.56 Å². The summed E-state index contributed by atoms with van der Waals surface area (Å²) < 4.78 is 2.53. The van der Waals surface area contributed by atoms with Crippen molar-refractivity contribution >= 4 is 32.7 Å². The van der Waals surface area contributed by atoms with Crippen molar-refractivity contribution in [3.05, 3.63) is 74.7 Å². The Hall–Kier alpha value is -2.47. The Labute approximate surface area is 179 Å². The first-order valence-corrected chi connectivity index (χ1v) is 10.7. The molecule has 0 aliphatic heterocycles. The molecule has 1 heterocycles. The molecule has 0 bridgehead atoms. The molecule has 6 heteroatoms. The molecule has 1 amide bonds. The van der Waals surface area contributed by atoms with Crippen LogP contribution in [-0.2, 0) is 11.3 Å². The van der Waals surface area contributed by atoms with E-state index in [0.717, 1.165) is 27.5 Å². The van der Waals surface area contributed by atoms with Gasteiger partial charge in [0.05, 0.1) is 23.3 Å². The Morgan fingerprint density at radius 3 is 2.69 bits per heavy atom. The van der Waals surface area contributed by atoms with Crippen molar-refractivity contribution in [2.24, 2.45) is 0 Å². The third-order valence-corrected chi connectivity index (χ3v) is 5.95. The van der Waals surface area contributed by atoms with Gasteiger partial charge in [0.2, 0.25) is 5.91 Å². The van der Waals surface area contributed by atoms with Crippen molar-refractivity contribution in [2.75, 3.05) is 6.54 Å². The molecule has 0 radical (unpaired) electrons. The van der Waals surface area contributed by atoms with Gasteiger partial charge in [-0.05, 0) is 43.5 Å². The van der Waals surface area contributed by atoms with Gasteiger partial charge in [0.1, 0.15) is 0 Å². The first kappa shape index (κ1) is 21.2. The van der Waals surface area contributed by atoms with Gasteiger partial charge in [-0.15, -0.1) is 0 Å². The maximum atomic E-state index is 13.0. The number of carbonyl (C=O) groups excluding carboxylic acids is 1. The average Bonchev–Trinajstić information content (AvgIpc) is 2.72. The number of fused-ring (bicyclic) bond motifs is 1. The van der Waals surface area contributed by atoms with Crippen LogP contribution >= 0.6 is 15.9 Å². The van der Waals surface area contributed by atoms with Gasteiger partial charge in [-0.25, -0.2) is 4.98 Å². The second-order valence-electron chi connectivity index (χ2n) is 7.25. The van der Waals surface area contributed by atoms with Gasteiger partial charge in [-0.3, -0.25) is 14.2 Å². The SMILES string of the molecule is CCCN(C(=O)CCn1cnc2c(C)cccc2c1=O)C(C)c1ccccc1Br. The molecule has 5 nitrogen and oxygen atoms in total. The lowest BCUT2D eigenvalue weighted by molar-refractivity contribution is -0.133. The quantitative estimate of drug-likeness (QED) is 0.511. The molecule has 1 atom stereocenters. The molecule has 1 aromatic heterocycles. The highest BCUT2D eigenvalue weighted by Gasteiger charge is 2.22. The Balaban J connectivity index is 1.79. The van der Waals surface area contributed by atoms with Gasteiger partial charge in [-0.2, -0.15) is 0 Å². The predicted octanol–water partition coefficient (Wildman–Crippen LogP) is 4.86. The third-order valence-electron chi connectivity index (χ3n) is 5.23. The van der Waals surface area contributed by atoms with Gasteiger partial charge < -0.3 is 4.90 Å². The van der Waals surface area contributed by atoms with Crippen molar-refractivity contribution in [1.82, 2.24) is 14.5 Å². The van der Waals surface area contributed by atoms with E-state index in [1.807, 2.05) is 55.1 Å². The molecule has 0 spiro atoms.